The van der Waals surface area contributed by atoms with E-state index >= 15 is 0 Å². The predicted octanol–water partition coefficient (Wildman–Crippen LogP) is 5.50. The molecule has 3 heterocycles. The second kappa shape index (κ2) is 8.60. The summed E-state index contributed by atoms with van der Waals surface area (Å²) in [5.74, 6) is 0.540. The molecule has 140 valence electrons. The van der Waals surface area contributed by atoms with E-state index in [0.29, 0.717) is 27.4 Å². The summed E-state index contributed by atoms with van der Waals surface area (Å²) in [6, 6.07) is 14.8. The van der Waals surface area contributed by atoms with E-state index in [2.05, 4.69) is 10.2 Å². The largest absolute Gasteiger partial charge is 0.467 e. The summed E-state index contributed by atoms with van der Waals surface area (Å²) in [5.41, 5.74) is 0.890. The Labute approximate surface area is 175 Å². The summed E-state index contributed by atoms with van der Waals surface area (Å²) < 4.78 is 5.39. The van der Waals surface area contributed by atoms with E-state index in [1.165, 1.54) is 11.8 Å². The van der Waals surface area contributed by atoms with Gasteiger partial charge in [-0.15, -0.1) is 16.4 Å². The van der Waals surface area contributed by atoms with Gasteiger partial charge in [-0.2, -0.15) is 5.10 Å². The molecule has 5 nitrogen and oxygen atoms in total. The van der Waals surface area contributed by atoms with Crippen LogP contribution in [0.4, 0.5) is 0 Å². The Balaban J connectivity index is 1.61. The molecule has 1 fully saturated rings. The number of hydrogen-bond acceptors (Lipinski definition) is 6. The summed E-state index contributed by atoms with van der Waals surface area (Å²) in [6.07, 6.45) is 5.08. The minimum absolute atomic E-state index is 0.138. The zero-order valence-corrected chi connectivity index (χ0v) is 16.9. The summed E-state index contributed by atoms with van der Waals surface area (Å²) in [4.78, 5) is 16.1. The second-order valence-electron chi connectivity index (χ2n) is 5.78. The summed E-state index contributed by atoms with van der Waals surface area (Å²) in [7, 11) is 0. The van der Waals surface area contributed by atoms with Crippen molar-refractivity contribution in [2.75, 3.05) is 0 Å². The van der Waals surface area contributed by atoms with Gasteiger partial charge in [-0.05, 0) is 59.1 Å². The van der Waals surface area contributed by atoms with Crippen LogP contribution in [0.2, 0.25) is 5.02 Å². The highest BCUT2D eigenvalue weighted by molar-refractivity contribution is 8.18. The molecule has 0 N–H and O–H groups in total. The van der Waals surface area contributed by atoms with E-state index in [1.54, 1.807) is 46.9 Å². The number of carbonyl (C=O) groups excluding carboxylic acids is 1. The van der Waals surface area contributed by atoms with E-state index < -0.39 is 0 Å². The molecule has 0 aliphatic carbocycles. The Morgan fingerprint density at radius 3 is 2.71 bits per heavy atom. The summed E-state index contributed by atoms with van der Waals surface area (Å²) >= 11 is 8.80. The molecule has 0 spiro atoms. The van der Waals surface area contributed by atoms with Crippen LogP contribution in [0.5, 0.6) is 0 Å². The van der Waals surface area contributed by atoms with Crippen LogP contribution >= 0.6 is 34.7 Å². The van der Waals surface area contributed by atoms with Crippen molar-refractivity contribution in [1.29, 1.82) is 0 Å². The van der Waals surface area contributed by atoms with Gasteiger partial charge in [-0.25, -0.2) is 0 Å². The lowest BCUT2D eigenvalue weighted by atomic mass is 10.2. The first-order valence-corrected chi connectivity index (χ1v) is 10.4. The van der Waals surface area contributed by atoms with Crippen LogP contribution in [0.1, 0.15) is 16.2 Å². The van der Waals surface area contributed by atoms with Gasteiger partial charge in [0.25, 0.3) is 5.91 Å². The Morgan fingerprint density at radius 2 is 2.00 bits per heavy atom. The molecule has 2 aromatic heterocycles. The minimum atomic E-state index is -0.138. The van der Waals surface area contributed by atoms with Crippen molar-refractivity contribution in [2.45, 2.75) is 6.54 Å². The zero-order valence-electron chi connectivity index (χ0n) is 14.5. The molecular formula is C20H14ClN3O2S2. The first kappa shape index (κ1) is 18.7. The highest BCUT2D eigenvalue weighted by atomic mass is 35.5. The molecule has 3 aromatic rings. The average molecular weight is 428 g/mol. The molecule has 1 aliphatic rings. The van der Waals surface area contributed by atoms with Crippen molar-refractivity contribution >= 4 is 58.1 Å². The molecule has 0 bridgehead atoms. The topological polar surface area (TPSA) is 58.2 Å². The van der Waals surface area contributed by atoms with Crippen LogP contribution in [0.3, 0.4) is 0 Å². The Morgan fingerprint density at radius 1 is 1.14 bits per heavy atom. The van der Waals surface area contributed by atoms with Crippen LogP contribution in [0.15, 0.2) is 79.7 Å². The number of benzene rings is 1. The van der Waals surface area contributed by atoms with E-state index in [9.17, 15) is 4.79 Å². The Bertz CT molecular complexity index is 1040. The highest BCUT2D eigenvalue weighted by Crippen LogP contribution is 2.34. The Hall–Kier alpha value is -2.61. The minimum Gasteiger partial charge on any atom is -0.467 e. The predicted molar refractivity (Wildman–Crippen MR) is 116 cm³/mol. The number of thiophene rings is 1. The van der Waals surface area contributed by atoms with Crippen molar-refractivity contribution in [3.8, 4) is 0 Å². The van der Waals surface area contributed by atoms with Gasteiger partial charge < -0.3 is 4.42 Å². The molecule has 8 heteroatoms. The molecule has 4 rings (SSSR count). The molecule has 1 aromatic carbocycles. The fourth-order valence-electron chi connectivity index (χ4n) is 2.49. The maximum absolute atomic E-state index is 12.9. The van der Waals surface area contributed by atoms with Crippen molar-refractivity contribution in [3.05, 3.63) is 86.3 Å². The van der Waals surface area contributed by atoms with Crippen molar-refractivity contribution in [3.63, 3.8) is 0 Å². The Kier molecular flexibility index (Phi) is 5.76. The van der Waals surface area contributed by atoms with Gasteiger partial charge in [-0.3, -0.25) is 9.69 Å². The number of hydrogen-bond donors (Lipinski definition) is 0. The molecule has 28 heavy (non-hydrogen) atoms. The van der Waals surface area contributed by atoms with Crippen molar-refractivity contribution in [1.82, 2.24) is 4.90 Å². The first-order valence-electron chi connectivity index (χ1n) is 8.33. The van der Waals surface area contributed by atoms with Gasteiger partial charge in [0.2, 0.25) is 0 Å². The fourth-order valence-corrected chi connectivity index (χ4v) is 4.13. The number of furan rings is 1. The van der Waals surface area contributed by atoms with E-state index in [0.717, 1.165) is 10.4 Å². The van der Waals surface area contributed by atoms with E-state index in [1.807, 2.05) is 41.8 Å². The molecule has 1 saturated heterocycles. The molecular weight excluding hydrogens is 414 g/mol. The van der Waals surface area contributed by atoms with E-state index in [-0.39, 0.29) is 5.91 Å². The van der Waals surface area contributed by atoms with Crippen molar-refractivity contribution in [2.24, 2.45) is 10.2 Å². The zero-order chi connectivity index (χ0) is 19.3. The van der Waals surface area contributed by atoms with Crippen LogP contribution < -0.4 is 0 Å². The SMILES string of the molecule is O=C1/C(=C/c2ccc(Cl)cc2)S/C(=N/N=C\c2cccs2)N1Cc1ccco1. The summed E-state index contributed by atoms with van der Waals surface area (Å²) in [6.45, 7) is 0.296. The summed E-state index contributed by atoms with van der Waals surface area (Å²) in [5, 5.41) is 11.5. The van der Waals surface area contributed by atoms with Gasteiger partial charge in [0.1, 0.15) is 5.76 Å². The normalized spacial score (nSPS) is 17.5. The van der Waals surface area contributed by atoms with Gasteiger partial charge >= 0.3 is 0 Å². The molecule has 1 aliphatic heterocycles. The highest BCUT2D eigenvalue weighted by Gasteiger charge is 2.34. The molecule has 0 radical (unpaired) electrons. The maximum atomic E-state index is 12.9. The number of carbonyl (C=O) groups is 1. The van der Waals surface area contributed by atoms with Crippen LogP contribution in [-0.2, 0) is 11.3 Å². The average Bonchev–Trinajstić information content (AvgIpc) is 3.44. The van der Waals surface area contributed by atoms with Gasteiger partial charge in [0, 0.05) is 9.90 Å². The van der Waals surface area contributed by atoms with Crippen LogP contribution in [0.25, 0.3) is 6.08 Å². The number of halogens is 1. The van der Waals surface area contributed by atoms with Gasteiger partial charge in [0.05, 0.1) is 23.9 Å². The van der Waals surface area contributed by atoms with Crippen LogP contribution in [0, 0.1) is 0 Å². The quantitative estimate of drug-likeness (QED) is 0.307. The first-order chi connectivity index (χ1) is 13.7. The molecule has 1 amide bonds. The van der Waals surface area contributed by atoms with Gasteiger partial charge in [0.15, 0.2) is 5.17 Å². The monoisotopic (exact) mass is 427 g/mol. The number of nitrogens with zero attached hydrogens (tertiary/aromatic N) is 3. The number of amides is 1. The third kappa shape index (κ3) is 4.44. The maximum Gasteiger partial charge on any atom is 0.267 e. The second-order valence-corrected chi connectivity index (χ2v) is 8.20. The molecule has 0 unspecified atom stereocenters. The number of amidine groups is 1. The smallest absolute Gasteiger partial charge is 0.267 e. The van der Waals surface area contributed by atoms with Gasteiger partial charge in [-0.1, -0.05) is 29.8 Å². The lowest BCUT2D eigenvalue weighted by Gasteiger charge is -2.12. The van der Waals surface area contributed by atoms with Crippen LogP contribution in [-0.4, -0.2) is 22.2 Å². The standard InChI is InChI=1S/C20H14ClN3O2S2/c21-15-7-5-14(6-8-15)11-18-19(25)24(13-16-3-1-9-26-16)20(28-18)23-22-12-17-4-2-10-27-17/h1-12H,13H2/b18-11-,22-12-,23-20+. The number of rotatable bonds is 5. The van der Waals surface area contributed by atoms with E-state index in [4.69, 9.17) is 16.0 Å². The fraction of sp³-hybridized carbons (Fsp3) is 0.0500. The van der Waals surface area contributed by atoms with Crippen molar-refractivity contribution < 1.29 is 9.21 Å². The molecule has 0 atom stereocenters. The number of thioether (sulfide) groups is 1. The molecule has 0 saturated carbocycles. The third-order valence-electron chi connectivity index (χ3n) is 3.82. The third-order valence-corrected chi connectivity index (χ3v) is 5.88. The lowest BCUT2D eigenvalue weighted by Crippen LogP contribution is -2.28. The lowest BCUT2D eigenvalue weighted by molar-refractivity contribution is -0.122.